The number of hydrogen-bond acceptors (Lipinski definition) is 4. The first-order valence-corrected chi connectivity index (χ1v) is 10.6. The number of methoxy groups -OCH3 is 1. The largest absolute Gasteiger partial charge is 0.493 e. The zero-order valence-electron chi connectivity index (χ0n) is 17.0. The lowest BCUT2D eigenvalue weighted by Gasteiger charge is -2.15. The number of rotatable bonds is 8. The molecule has 0 radical (unpaired) electrons. The Morgan fingerprint density at radius 2 is 1.81 bits per heavy atom. The van der Waals surface area contributed by atoms with Crippen LogP contribution in [0, 0.1) is 5.82 Å². The molecule has 5 nitrogen and oxygen atoms in total. The van der Waals surface area contributed by atoms with Gasteiger partial charge in [0.05, 0.1) is 12.1 Å². The molecule has 0 spiro atoms. The van der Waals surface area contributed by atoms with Crippen molar-refractivity contribution in [2.45, 2.75) is 20.1 Å². The van der Waals surface area contributed by atoms with Gasteiger partial charge in [-0.2, -0.15) is 0 Å². The van der Waals surface area contributed by atoms with Gasteiger partial charge in [-0.1, -0.05) is 33.6 Å². The van der Waals surface area contributed by atoms with Gasteiger partial charge in [-0.05, 0) is 54.1 Å². The van der Waals surface area contributed by atoms with Crippen molar-refractivity contribution in [3.63, 3.8) is 0 Å². The summed E-state index contributed by atoms with van der Waals surface area (Å²) in [5, 5.41) is 6.36. The van der Waals surface area contributed by atoms with Gasteiger partial charge in [-0.15, -0.1) is 0 Å². The van der Waals surface area contributed by atoms with Crippen molar-refractivity contribution in [1.29, 1.82) is 0 Å². The van der Waals surface area contributed by atoms with Crippen LogP contribution < -0.4 is 20.1 Å². The predicted molar refractivity (Wildman–Crippen MR) is 125 cm³/mol. The molecule has 0 unspecified atom stereocenters. The van der Waals surface area contributed by atoms with Crippen molar-refractivity contribution in [2.24, 2.45) is 0 Å². The highest BCUT2D eigenvalue weighted by Crippen LogP contribution is 2.35. The summed E-state index contributed by atoms with van der Waals surface area (Å²) in [5.74, 6) is 0.456. The molecule has 0 bridgehead atoms. The molecule has 0 aromatic heterocycles. The Hall–Kier alpha value is -2.77. The normalized spacial score (nSPS) is 10.5. The lowest BCUT2D eigenvalue weighted by molar-refractivity contribution is -0.114. The molecule has 162 valence electrons. The number of anilines is 2. The van der Waals surface area contributed by atoms with Gasteiger partial charge in [0, 0.05) is 34.9 Å². The summed E-state index contributed by atoms with van der Waals surface area (Å²) >= 11 is 9.63. The van der Waals surface area contributed by atoms with Gasteiger partial charge in [0.2, 0.25) is 5.91 Å². The van der Waals surface area contributed by atoms with Crippen LogP contribution in [0.2, 0.25) is 5.02 Å². The number of benzene rings is 3. The van der Waals surface area contributed by atoms with Gasteiger partial charge in [0.15, 0.2) is 11.5 Å². The Bertz CT molecular complexity index is 1060. The number of ether oxygens (including phenoxy) is 2. The molecule has 0 aliphatic rings. The smallest absolute Gasteiger partial charge is 0.221 e. The van der Waals surface area contributed by atoms with Crippen LogP contribution in [-0.4, -0.2) is 13.0 Å². The first-order valence-electron chi connectivity index (χ1n) is 9.41. The molecule has 2 N–H and O–H groups in total. The second kappa shape index (κ2) is 10.5. The average Bonchev–Trinajstić information content (AvgIpc) is 2.73. The van der Waals surface area contributed by atoms with Gasteiger partial charge >= 0.3 is 0 Å². The van der Waals surface area contributed by atoms with Gasteiger partial charge < -0.3 is 20.1 Å². The molecule has 0 aliphatic heterocycles. The maximum atomic E-state index is 14.0. The minimum absolute atomic E-state index is 0.0213. The van der Waals surface area contributed by atoms with Crippen molar-refractivity contribution in [2.75, 3.05) is 17.7 Å². The summed E-state index contributed by atoms with van der Waals surface area (Å²) in [6.07, 6.45) is 0. The van der Waals surface area contributed by atoms with E-state index < -0.39 is 5.82 Å². The minimum atomic E-state index is -0.420. The summed E-state index contributed by atoms with van der Waals surface area (Å²) in [4.78, 5) is 11.1. The summed E-state index contributed by atoms with van der Waals surface area (Å²) in [7, 11) is 1.55. The van der Waals surface area contributed by atoms with E-state index in [1.807, 2.05) is 30.3 Å². The zero-order valence-corrected chi connectivity index (χ0v) is 19.3. The number of carbonyl (C=O) groups excluding carboxylic acids is 1. The summed E-state index contributed by atoms with van der Waals surface area (Å²) in [5.41, 5.74) is 2.86. The number of hydrogen-bond donors (Lipinski definition) is 2. The fourth-order valence-electron chi connectivity index (χ4n) is 2.88. The van der Waals surface area contributed by atoms with E-state index in [0.717, 1.165) is 21.4 Å². The Labute approximate surface area is 193 Å². The first kappa shape index (κ1) is 22.9. The third kappa shape index (κ3) is 6.12. The van der Waals surface area contributed by atoms with E-state index in [2.05, 4.69) is 26.6 Å². The molecular formula is C23H21BrClFN2O3. The Morgan fingerprint density at radius 1 is 1.10 bits per heavy atom. The molecule has 0 heterocycles. The quantitative estimate of drug-likeness (QED) is 0.370. The summed E-state index contributed by atoms with van der Waals surface area (Å²) in [6, 6.07) is 15.6. The van der Waals surface area contributed by atoms with Crippen molar-refractivity contribution in [3.05, 3.63) is 81.0 Å². The Kier molecular flexibility index (Phi) is 7.76. The van der Waals surface area contributed by atoms with Crippen LogP contribution >= 0.6 is 27.5 Å². The van der Waals surface area contributed by atoms with E-state index in [4.69, 9.17) is 21.1 Å². The maximum absolute atomic E-state index is 14.0. The monoisotopic (exact) mass is 506 g/mol. The summed E-state index contributed by atoms with van der Waals surface area (Å²) in [6.45, 7) is 1.97. The molecule has 0 saturated carbocycles. The van der Waals surface area contributed by atoms with E-state index in [0.29, 0.717) is 23.1 Å². The van der Waals surface area contributed by atoms with Crippen LogP contribution in [0.5, 0.6) is 11.5 Å². The molecule has 0 saturated heterocycles. The lowest BCUT2D eigenvalue weighted by atomic mass is 10.2. The third-order valence-electron chi connectivity index (χ3n) is 4.45. The number of halogens is 3. The van der Waals surface area contributed by atoms with Crippen molar-refractivity contribution >= 4 is 44.8 Å². The van der Waals surface area contributed by atoms with E-state index in [9.17, 15) is 9.18 Å². The van der Waals surface area contributed by atoms with Gasteiger partial charge in [0.1, 0.15) is 12.4 Å². The third-order valence-corrected chi connectivity index (χ3v) is 5.55. The maximum Gasteiger partial charge on any atom is 0.221 e. The fourth-order valence-corrected chi connectivity index (χ4v) is 3.56. The van der Waals surface area contributed by atoms with E-state index in [1.165, 1.54) is 13.0 Å². The number of amides is 1. The zero-order chi connectivity index (χ0) is 22.4. The van der Waals surface area contributed by atoms with E-state index in [-0.39, 0.29) is 18.1 Å². The molecule has 0 atom stereocenters. The number of nitrogens with one attached hydrogen (secondary N) is 2. The summed E-state index contributed by atoms with van der Waals surface area (Å²) < 4.78 is 26.0. The van der Waals surface area contributed by atoms with Gasteiger partial charge in [-0.3, -0.25) is 4.79 Å². The number of carbonyl (C=O) groups is 1. The van der Waals surface area contributed by atoms with Crippen LogP contribution in [0.15, 0.2) is 59.1 Å². The van der Waals surface area contributed by atoms with Crippen LogP contribution in [0.3, 0.4) is 0 Å². The van der Waals surface area contributed by atoms with Gasteiger partial charge in [-0.25, -0.2) is 4.39 Å². The van der Waals surface area contributed by atoms with Crippen molar-refractivity contribution in [1.82, 2.24) is 0 Å². The Balaban J connectivity index is 1.69. The Morgan fingerprint density at radius 3 is 2.45 bits per heavy atom. The second-order valence-electron chi connectivity index (χ2n) is 6.70. The van der Waals surface area contributed by atoms with Crippen LogP contribution in [0.1, 0.15) is 18.1 Å². The highest BCUT2D eigenvalue weighted by Gasteiger charge is 2.13. The minimum Gasteiger partial charge on any atom is -0.493 e. The topological polar surface area (TPSA) is 59.6 Å². The highest BCUT2D eigenvalue weighted by atomic mass is 79.9. The molecule has 3 aromatic carbocycles. The van der Waals surface area contributed by atoms with Crippen LogP contribution in [-0.2, 0) is 17.9 Å². The molecule has 3 aromatic rings. The standard InChI is InChI=1S/C23H21BrClFN2O3/c1-14(29)28-17-8-6-16(7-9-17)27-12-15-10-22(30-2)23(11-19(15)24)31-13-18-20(25)4-3-5-21(18)26/h3-11,27H,12-13H2,1-2H3,(H,28,29). The fraction of sp³-hybridized carbons (Fsp3) is 0.174. The molecule has 0 fully saturated rings. The van der Waals surface area contributed by atoms with Crippen LogP contribution in [0.25, 0.3) is 0 Å². The second-order valence-corrected chi connectivity index (χ2v) is 7.96. The molecule has 8 heteroatoms. The SMILES string of the molecule is COc1cc(CNc2ccc(NC(C)=O)cc2)c(Br)cc1OCc1c(F)cccc1Cl. The first-order chi connectivity index (χ1) is 14.9. The van der Waals surface area contributed by atoms with Gasteiger partial charge in [0.25, 0.3) is 0 Å². The van der Waals surface area contributed by atoms with Crippen LogP contribution in [0.4, 0.5) is 15.8 Å². The molecule has 1 amide bonds. The highest BCUT2D eigenvalue weighted by molar-refractivity contribution is 9.10. The van der Waals surface area contributed by atoms with Crippen molar-refractivity contribution < 1.29 is 18.7 Å². The van der Waals surface area contributed by atoms with E-state index >= 15 is 0 Å². The molecule has 31 heavy (non-hydrogen) atoms. The predicted octanol–water partition coefficient (Wildman–Crippen LogP) is 6.40. The molecular weight excluding hydrogens is 487 g/mol. The average molecular weight is 508 g/mol. The molecule has 3 rings (SSSR count). The van der Waals surface area contributed by atoms with Crippen molar-refractivity contribution in [3.8, 4) is 11.5 Å². The molecule has 0 aliphatic carbocycles. The lowest BCUT2D eigenvalue weighted by Crippen LogP contribution is -2.06. The van der Waals surface area contributed by atoms with E-state index in [1.54, 1.807) is 25.3 Å².